The molecule has 2 atom stereocenters. The van der Waals surface area contributed by atoms with Crippen LogP contribution in [0.15, 0.2) is 53.7 Å². The zero-order chi connectivity index (χ0) is 31.1. The summed E-state index contributed by atoms with van der Waals surface area (Å²) in [6, 6.07) is 13.0. The van der Waals surface area contributed by atoms with Crippen molar-refractivity contribution in [2.24, 2.45) is 5.18 Å². The number of hydrogen-bond acceptors (Lipinski definition) is 11. The number of aliphatic hydroxyl groups excluding tert-OH is 1. The Bertz CT molecular complexity index is 1590. The van der Waals surface area contributed by atoms with Crippen molar-refractivity contribution in [3.8, 4) is 57.2 Å². The van der Waals surface area contributed by atoms with Gasteiger partial charge in [-0.25, -0.2) is 15.0 Å². The van der Waals surface area contributed by atoms with Crippen LogP contribution in [0.1, 0.15) is 30.5 Å². The van der Waals surface area contributed by atoms with Crippen LogP contribution in [0, 0.1) is 18.8 Å². The highest BCUT2D eigenvalue weighted by atomic mass is 16.5. The second-order valence-electron chi connectivity index (χ2n) is 10.3. The molecular weight excluding hydrogens is 552 g/mol. The van der Waals surface area contributed by atoms with Crippen LogP contribution in [0.5, 0.6) is 23.0 Å². The standard InChI is InChI=1S/C32H36N4O7/c1-6-21-12-18(2)11-19(3)29(21)32-34-30(25-9-7-23(13-27(25)38)42-15-20(4)36-40)33-31(35-32)26-10-8-24(14-28(26)39)43-17-22(37)16-41-5/h7-14,20,22,37-39H,6,15-17H2,1-5H3. The van der Waals surface area contributed by atoms with Gasteiger partial charge < -0.3 is 29.5 Å². The van der Waals surface area contributed by atoms with Gasteiger partial charge in [0.15, 0.2) is 17.5 Å². The second-order valence-corrected chi connectivity index (χ2v) is 10.3. The number of rotatable bonds is 13. The van der Waals surface area contributed by atoms with E-state index < -0.39 is 12.1 Å². The number of aliphatic hydroxyl groups is 1. The van der Waals surface area contributed by atoms with Crippen LogP contribution in [0.25, 0.3) is 34.2 Å². The van der Waals surface area contributed by atoms with Crippen molar-refractivity contribution in [2.75, 3.05) is 26.9 Å². The summed E-state index contributed by atoms with van der Waals surface area (Å²) in [5, 5.41) is 34.8. The molecule has 3 aromatic carbocycles. The lowest BCUT2D eigenvalue weighted by molar-refractivity contribution is 0.0325. The Morgan fingerprint density at radius 2 is 1.37 bits per heavy atom. The summed E-state index contributed by atoms with van der Waals surface area (Å²) < 4.78 is 16.1. The highest BCUT2D eigenvalue weighted by Gasteiger charge is 2.20. The molecule has 0 amide bonds. The molecule has 0 aliphatic heterocycles. The van der Waals surface area contributed by atoms with Gasteiger partial charge in [-0.2, -0.15) is 4.91 Å². The molecule has 0 bridgehead atoms. The van der Waals surface area contributed by atoms with E-state index in [-0.39, 0.29) is 43.0 Å². The number of aryl methyl sites for hydroxylation is 3. The number of phenolic OH excluding ortho intramolecular Hbond substituents is 2. The maximum atomic E-state index is 11.0. The van der Waals surface area contributed by atoms with E-state index in [1.807, 2.05) is 13.8 Å². The summed E-state index contributed by atoms with van der Waals surface area (Å²) in [4.78, 5) is 24.9. The van der Waals surface area contributed by atoms with Gasteiger partial charge in [-0.05, 0) is 62.6 Å². The fourth-order valence-corrected chi connectivity index (χ4v) is 4.64. The second kappa shape index (κ2) is 14.0. The number of nitroso groups, excluding NO2 is 1. The minimum Gasteiger partial charge on any atom is -0.507 e. The summed E-state index contributed by atoms with van der Waals surface area (Å²) in [7, 11) is 1.48. The number of aromatic nitrogens is 3. The average Bonchev–Trinajstić information content (AvgIpc) is 2.98. The summed E-state index contributed by atoms with van der Waals surface area (Å²) in [5.74, 6) is 1.21. The molecule has 4 aromatic rings. The van der Waals surface area contributed by atoms with Crippen molar-refractivity contribution < 1.29 is 29.5 Å². The highest BCUT2D eigenvalue weighted by Crippen LogP contribution is 2.37. The first-order valence-corrected chi connectivity index (χ1v) is 13.9. The Labute approximate surface area is 250 Å². The quantitative estimate of drug-likeness (QED) is 0.173. The molecule has 1 heterocycles. The molecule has 1 aromatic heterocycles. The Morgan fingerprint density at radius 3 is 1.88 bits per heavy atom. The van der Waals surface area contributed by atoms with E-state index in [4.69, 9.17) is 24.2 Å². The molecule has 0 saturated heterocycles. The van der Waals surface area contributed by atoms with E-state index in [1.165, 1.54) is 19.2 Å². The predicted octanol–water partition coefficient (Wildman–Crippen LogP) is 5.38. The largest absolute Gasteiger partial charge is 0.507 e. The van der Waals surface area contributed by atoms with Crippen molar-refractivity contribution in [1.82, 2.24) is 15.0 Å². The van der Waals surface area contributed by atoms with Gasteiger partial charge in [-0.15, -0.1) is 0 Å². The number of aromatic hydroxyl groups is 2. The third-order valence-corrected chi connectivity index (χ3v) is 6.69. The molecule has 0 aliphatic carbocycles. The molecule has 3 N–H and O–H groups in total. The fraction of sp³-hybridized carbons (Fsp3) is 0.344. The number of nitrogens with zero attached hydrogens (tertiary/aromatic N) is 4. The molecular formula is C32H36N4O7. The predicted molar refractivity (Wildman–Crippen MR) is 162 cm³/mol. The van der Waals surface area contributed by atoms with Crippen LogP contribution in [-0.4, -0.2) is 69.3 Å². The monoisotopic (exact) mass is 588 g/mol. The van der Waals surface area contributed by atoms with Gasteiger partial charge in [-0.1, -0.05) is 29.8 Å². The molecule has 226 valence electrons. The lowest BCUT2D eigenvalue weighted by Crippen LogP contribution is -2.22. The van der Waals surface area contributed by atoms with Crippen LogP contribution in [0.2, 0.25) is 0 Å². The topological polar surface area (TPSA) is 156 Å². The number of benzene rings is 3. The molecule has 43 heavy (non-hydrogen) atoms. The maximum Gasteiger partial charge on any atom is 0.167 e. The number of ether oxygens (including phenoxy) is 3. The van der Waals surface area contributed by atoms with Crippen LogP contribution >= 0.6 is 0 Å². The molecule has 2 unspecified atom stereocenters. The third-order valence-electron chi connectivity index (χ3n) is 6.69. The average molecular weight is 589 g/mol. The number of hydrogen-bond donors (Lipinski definition) is 3. The van der Waals surface area contributed by atoms with Gasteiger partial charge in [-0.3, -0.25) is 0 Å². The lowest BCUT2D eigenvalue weighted by atomic mass is 9.96. The Kier molecular flexibility index (Phi) is 10.2. The van der Waals surface area contributed by atoms with Crippen molar-refractivity contribution in [3.63, 3.8) is 0 Å². The Balaban J connectivity index is 1.81. The molecule has 11 nitrogen and oxygen atoms in total. The van der Waals surface area contributed by atoms with Gasteiger partial charge in [0.1, 0.15) is 48.4 Å². The lowest BCUT2D eigenvalue weighted by Gasteiger charge is -2.16. The van der Waals surface area contributed by atoms with Gasteiger partial charge >= 0.3 is 0 Å². The van der Waals surface area contributed by atoms with Gasteiger partial charge in [0.05, 0.1) is 17.7 Å². The summed E-state index contributed by atoms with van der Waals surface area (Å²) in [6.07, 6.45) is -0.0771. The van der Waals surface area contributed by atoms with E-state index in [0.29, 0.717) is 28.5 Å². The van der Waals surface area contributed by atoms with Crippen LogP contribution < -0.4 is 9.47 Å². The van der Waals surface area contributed by atoms with Crippen molar-refractivity contribution in [3.05, 3.63) is 70.1 Å². The zero-order valence-corrected chi connectivity index (χ0v) is 24.9. The Morgan fingerprint density at radius 1 is 0.814 bits per heavy atom. The molecule has 0 fully saturated rings. The summed E-state index contributed by atoms with van der Waals surface area (Å²) in [5.41, 5.74) is 4.64. The van der Waals surface area contributed by atoms with Crippen LogP contribution in [-0.2, 0) is 11.2 Å². The molecule has 0 aliphatic rings. The molecule has 11 heteroatoms. The first kappa shape index (κ1) is 31.3. The molecule has 4 rings (SSSR count). The normalized spacial score (nSPS) is 12.5. The van der Waals surface area contributed by atoms with Crippen molar-refractivity contribution in [1.29, 1.82) is 0 Å². The minimum atomic E-state index is -0.819. The SMILES string of the molecule is CCc1cc(C)cc(C)c1-c1nc(-c2ccc(OCC(O)COC)cc2O)nc(-c2ccc(OCC(C)N=O)cc2O)n1. The van der Waals surface area contributed by atoms with Gasteiger partial charge in [0, 0.05) is 24.8 Å². The van der Waals surface area contributed by atoms with E-state index in [1.54, 1.807) is 31.2 Å². The summed E-state index contributed by atoms with van der Waals surface area (Å²) >= 11 is 0. The highest BCUT2D eigenvalue weighted by molar-refractivity contribution is 5.74. The first-order chi connectivity index (χ1) is 20.6. The number of methoxy groups -OCH3 is 1. The molecule has 0 spiro atoms. The van der Waals surface area contributed by atoms with Gasteiger partial charge in [0.2, 0.25) is 0 Å². The fourth-order valence-electron chi connectivity index (χ4n) is 4.64. The van der Waals surface area contributed by atoms with E-state index >= 15 is 0 Å². The minimum absolute atomic E-state index is 0.0112. The molecule has 0 radical (unpaired) electrons. The first-order valence-electron chi connectivity index (χ1n) is 13.9. The maximum absolute atomic E-state index is 11.0. The van der Waals surface area contributed by atoms with Crippen molar-refractivity contribution in [2.45, 2.75) is 46.3 Å². The smallest absolute Gasteiger partial charge is 0.167 e. The molecule has 0 saturated carbocycles. The number of phenols is 2. The zero-order valence-electron chi connectivity index (χ0n) is 24.9. The third kappa shape index (κ3) is 7.62. The van der Waals surface area contributed by atoms with E-state index in [9.17, 15) is 20.2 Å². The van der Waals surface area contributed by atoms with Crippen molar-refractivity contribution >= 4 is 0 Å². The van der Waals surface area contributed by atoms with Crippen LogP contribution in [0.4, 0.5) is 0 Å². The van der Waals surface area contributed by atoms with E-state index in [2.05, 4.69) is 29.2 Å². The Hall–Kier alpha value is -4.61. The summed E-state index contributed by atoms with van der Waals surface area (Å²) in [6.45, 7) is 7.89. The van der Waals surface area contributed by atoms with Gasteiger partial charge in [0.25, 0.3) is 0 Å². The van der Waals surface area contributed by atoms with E-state index in [0.717, 1.165) is 28.7 Å². The van der Waals surface area contributed by atoms with Crippen LogP contribution in [0.3, 0.4) is 0 Å².